The lowest BCUT2D eigenvalue weighted by molar-refractivity contribution is -0.869. The summed E-state index contributed by atoms with van der Waals surface area (Å²) in [6.45, 7) is 4.99. The van der Waals surface area contributed by atoms with E-state index in [1.807, 2.05) is 0 Å². The molecule has 0 aliphatic heterocycles. The Balaban J connectivity index is 0. The highest BCUT2D eigenvalue weighted by Crippen LogP contribution is 1.85. The number of carbonyl (C=O) groups is 1. The highest BCUT2D eigenvalue weighted by atomic mass is 79.9. The summed E-state index contributed by atoms with van der Waals surface area (Å²) in [7, 11) is 6.25. The fourth-order valence-electron chi connectivity index (χ4n) is 0.587. The van der Waals surface area contributed by atoms with Gasteiger partial charge in [-0.2, -0.15) is 0 Å². The molecule has 0 spiro atoms. The molecule has 0 aromatic heterocycles. The topological polar surface area (TPSA) is 29.1 Å². The molecule has 0 saturated heterocycles. The van der Waals surface area contributed by atoms with E-state index in [0.29, 0.717) is 6.54 Å². The van der Waals surface area contributed by atoms with Gasteiger partial charge in [0.2, 0.25) is 5.91 Å². The normalized spacial score (nSPS) is 9.92. The number of carbonyl (C=O) groups excluding carboxylic acids is 1. The molecule has 0 bridgehead atoms. The Kier molecular flexibility index (Phi) is 7.33. The van der Waals surface area contributed by atoms with Crippen LogP contribution in [0.3, 0.4) is 0 Å². The van der Waals surface area contributed by atoms with Gasteiger partial charge in [0.05, 0.1) is 34.2 Å². The molecular weight excluding hydrogens is 220 g/mol. The third kappa shape index (κ3) is 9.65. The van der Waals surface area contributed by atoms with E-state index in [1.54, 1.807) is 0 Å². The van der Waals surface area contributed by atoms with Gasteiger partial charge in [-0.25, -0.2) is 0 Å². The zero-order valence-electron chi connectivity index (χ0n) is 7.93. The fourth-order valence-corrected chi connectivity index (χ4v) is 0.587. The van der Waals surface area contributed by atoms with Crippen LogP contribution in [-0.4, -0.2) is 44.6 Å². The van der Waals surface area contributed by atoms with Gasteiger partial charge in [0.15, 0.2) is 0 Å². The zero-order valence-corrected chi connectivity index (χ0v) is 9.52. The smallest absolute Gasteiger partial charge is 0.243 e. The molecule has 0 aliphatic carbocycles. The molecule has 0 saturated carbocycles. The number of rotatable bonds is 4. The van der Waals surface area contributed by atoms with Gasteiger partial charge < -0.3 is 26.8 Å². The van der Waals surface area contributed by atoms with Crippen molar-refractivity contribution in [3.05, 3.63) is 12.7 Å². The monoisotopic (exact) mass is 236 g/mol. The van der Waals surface area contributed by atoms with E-state index < -0.39 is 0 Å². The number of nitrogens with zero attached hydrogens (tertiary/aromatic N) is 1. The predicted molar refractivity (Wildman–Crippen MR) is 46.1 cm³/mol. The van der Waals surface area contributed by atoms with Crippen molar-refractivity contribution < 1.29 is 26.3 Å². The van der Waals surface area contributed by atoms with Gasteiger partial charge in [0.25, 0.3) is 0 Å². The summed E-state index contributed by atoms with van der Waals surface area (Å²) >= 11 is 0. The van der Waals surface area contributed by atoms with Crippen LogP contribution in [0, 0.1) is 0 Å². The fraction of sp³-hybridized carbons (Fsp3) is 0.625. The van der Waals surface area contributed by atoms with Crippen molar-refractivity contribution in [1.82, 2.24) is 5.32 Å². The number of quaternary nitrogens is 1. The highest BCUT2D eigenvalue weighted by molar-refractivity contribution is 5.86. The van der Waals surface area contributed by atoms with Crippen molar-refractivity contribution in [3.63, 3.8) is 0 Å². The maximum Gasteiger partial charge on any atom is 0.243 e. The first-order valence-electron chi connectivity index (χ1n) is 3.66. The van der Waals surface area contributed by atoms with Crippen LogP contribution in [0.4, 0.5) is 0 Å². The summed E-state index contributed by atoms with van der Waals surface area (Å²) in [5.74, 6) is -0.0987. The first-order chi connectivity index (χ1) is 4.95. The molecule has 1 amide bonds. The minimum atomic E-state index is -0.0987. The van der Waals surface area contributed by atoms with Crippen LogP contribution in [0.5, 0.6) is 0 Å². The highest BCUT2D eigenvalue weighted by Gasteiger charge is 2.05. The minimum Gasteiger partial charge on any atom is -1.00 e. The Morgan fingerprint density at radius 2 is 2.00 bits per heavy atom. The molecular formula is C8H17BrN2O. The molecule has 0 heterocycles. The van der Waals surface area contributed by atoms with E-state index in [-0.39, 0.29) is 22.9 Å². The molecule has 0 radical (unpaired) electrons. The van der Waals surface area contributed by atoms with Gasteiger partial charge in [-0.3, -0.25) is 4.79 Å². The Labute approximate surface area is 84.8 Å². The molecule has 4 heteroatoms. The van der Waals surface area contributed by atoms with Gasteiger partial charge >= 0.3 is 0 Å². The van der Waals surface area contributed by atoms with Gasteiger partial charge in [-0.05, 0) is 6.08 Å². The standard InChI is InChI=1S/C8H16N2O.BrH/c1-5-8(11)9-6-7-10(2,3)4;/h5H,1,6-7H2,2-4H3;1H. The van der Waals surface area contributed by atoms with Gasteiger partial charge in [0.1, 0.15) is 0 Å². The zero-order chi connectivity index (χ0) is 8.91. The van der Waals surface area contributed by atoms with E-state index in [9.17, 15) is 4.79 Å². The Morgan fingerprint density at radius 3 is 2.33 bits per heavy atom. The third-order valence-corrected chi connectivity index (χ3v) is 1.27. The number of likely N-dealkylation sites (N-methyl/N-ethyl adjacent to an activating group) is 1. The van der Waals surface area contributed by atoms with Crippen molar-refractivity contribution in [2.45, 2.75) is 0 Å². The van der Waals surface area contributed by atoms with Crippen LogP contribution in [0.15, 0.2) is 12.7 Å². The van der Waals surface area contributed by atoms with E-state index >= 15 is 0 Å². The minimum absolute atomic E-state index is 0. The van der Waals surface area contributed by atoms with Gasteiger partial charge in [0, 0.05) is 0 Å². The first kappa shape index (κ1) is 14.2. The number of hydrogen-bond acceptors (Lipinski definition) is 1. The molecule has 3 nitrogen and oxygen atoms in total. The van der Waals surface area contributed by atoms with Crippen LogP contribution in [-0.2, 0) is 4.79 Å². The Hall–Kier alpha value is -0.350. The second kappa shape index (κ2) is 6.20. The average molecular weight is 237 g/mol. The first-order valence-corrected chi connectivity index (χ1v) is 3.66. The second-order valence-corrected chi connectivity index (χ2v) is 3.51. The lowest BCUT2D eigenvalue weighted by atomic mass is 10.5. The van der Waals surface area contributed by atoms with Crippen molar-refractivity contribution in [1.29, 1.82) is 0 Å². The van der Waals surface area contributed by atoms with Crippen molar-refractivity contribution in [3.8, 4) is 0 Å². The van der Waals surface area contributed by atoms with E-state index in [2.05, 4.69) is 33.0 Å². The van der Waals surface area contributed by atoms with Crippen molar-refractivity contribution >= 4 is 5.91 Å². The average Bonchev–Trinajstić information content (AvgIpc) is 1.85. The summed E-state index contributed by atoms with van der Waals surface area (Å²) < 4.78 is 0.859. The van der Waals surface area contributed by atoms with E-state index in [4.69, 9.17) is 0 Å². The van der Waals surface area contributed by atoms with Crippen LogP contribution in [0.1, 0.15) is 0 Å². The van der Waals surface area contributed by atoms with E-state index in [0.717, 1.165) is 11.0 Å². The molecule has 1 N–H and O–H groups in total. The lowest BCUT2D eigenvalue weighted by Crippen LogP contribution is -3.00. The molecule has 0 aliphatic rings. The lowest BCUT2D eigenvalue weighted by Gasteiger charge is -2.23. The summed E-state index contributed by atoms with van der Waals surface area (Å²) in [6, 6.07) is 0. The summed E-state index contributed by atoms with van der Waals surface area (Å²) in [5.41, 5.74) is 0. The maximum absolute atomic E-state index is 10.7. The molecule has 0 unspecified atom stereocenters. The summed E-state index contributed by atoms with van der Waals surface area (Å²) in [4.78, 5) is 10.7. The van der Waals surface area contributed by atoms with Crippen molar-refractivity contribution in [2.24, 2.45) is 0 Å². The maximum atomic E-state index is 10.7. The molecule has 12 heavy (non-hydrogen) atoms. The quantitative estimate of drug-likeness (QED) is 0.410. The van der Waals surface area contributed by atoms with Gasteiger partial charge in [-0.1, -0.05) is 6.58 Å². The van der Waals surface area contributed by atoms with Crippen molar-refractivity contribution in [2.75, 3.05) is 34.2 Å². The third-order valence-electron chi connectivity index (χ3n) is 1.27. The molecule has 0 atom stereocenters. The SMILES string of the molecule is C=CC(=O)NCC[N+](C)(C)C.[Br-]. The number of nitrogens with one attached hydrogen (secondary N) is 1. The Morgan fingerprint density at radius 1 is 1.50 bits per heavy atom. The molecule has 72 valence electrons. The van der Waals surface area contributed by atoms with Crippen LogP contribution >= 0.6 is 0 Å². The number of halogens is 1. The second-order valence-electron chi connectivity index (χ2n) is 3.51. The summed E-state index contributed by atoms with van der Waals surface area (Å²) in [5, 5.41) is 2.72. The van der Waals surface area contributed by atoms with E-state index in [1.165, 1.54) is 6.08 Å². The van der Waals surface area contributed by atoms with Crippen LogP contribution in [0.2, 0.25) is 0 Å². The summed E-state index contributed by atoms with van der Waals surface area (Å²) in [6.07, 6.45) is 1.29. The largest absolute Gasteiger partial charge is 1.00 e. The van der Waals surface area contributed by atoms with Crippen LogP contribution in [0.25, 0.3) is 0 Å². The number of amides is 1. The molecule has 0 aromatic carbocycles. The van der Waals surface area contributed by atoms with Gasteiger partial charge in [-0.15, -0.1) is 0 Å². The molecule has 0 fully saturated rings. The molecule has 0 rings (SSSR count). The Bertz CT molecular complexity index is 152. The molecule has 0 aromatic rings. The van der Waals surface area contributed by atoms with Crippen LogP contribution < -0.4 is 22.3 Å². The predicted octanol–water partition coefficient (Wildman–Crippen LogP) is -3.00. The number of hydrogen-bond donors (Lipinski definition) is 1.